The van der Waals surface area contributed by atoms with Gasteiger partial charge in [0, 0.05) is 13.0 Å². The van der Waals surface area contributed by atoms with Crippen molar-refractivity contribution in [2.24, 2.45) is 13.0 Å². The van der Waals surface area contributed by atoms with E-state index in [2.05, 4.69) is 15.7 Å². The predicted octanol–water partition coefficient (Wildman–Crippen LogP) is 3.81. The van der Waals surface area contributed by atoms with Crippen LogP contribution in [-0.2, 0) is 16.6 Å². The van der Waals surface area contributed by atoms with Crippen molar-refractivity contribution in [1.82, 2.24) is 20.1 Å². The number of carbonyl (C=O) groups is 2. The van der Waals surface area contributed by atoms with Crippen molar-refractivity contribution in [2.75, 3.05) is 5.32 Å². The van der Waals surface area contributed by atoms with E-state index in [1.165, 1.54) is 0 Å². The summed E-state index contributed by atoms with van der Waals surface area (Å²) >= 11 is 0. The van der Waals surface area contributed by atoms with Crippen molar-refractivity contribution < 1.29 is 14.3 Å². The molecule has 2 atom stereocenters. The van der Waals surface area contributed by atoms with Crippen LogP contribution >= 0.6 is 0 Å². The third-order valence-electron chi connectivity index (χ3n) is 4.84. The van der Waals surface area contributed by atoms with Crippen molar-refractivity contribution in [3.63, 3.8) is 0 Å². The first kappa shape index (κ1) is 20.8. The summed E-state index contributed by atoms with van der Waals surface area (Å²) in [7, 11) is 1.81. The van der Waals surface area contributed by atoms with Gasteiger partial charge in [-0.1, -0.05) is 19.4 Å². The number of nitrogens with one attached hydrogen (secondary N) is 2. The second-order valence-corrected chi connectivity index (χ2v) is 8.50. The first-order valence-corrected chi connectivity index (χ1v) is 9.94. The molecule has 2 aromatic rings. The minimum Gasteiger partial charge on any atom is -0.444 e. The van der Waals surface area contributed by atoms with E-state index in [0.717, 1.165) is 17.8 Å². The highest BCUT2D eigenvalue weighted by molar-refractivity contribution is 5.95. The van der Waals surface area contributed by atoms with Crippen molar-refractivity contribution in [3.05, 3.63) is 30.1 Å². The number of amides is 2. The van der Waals surface area contributed by atoms with Gasteiger partial charge in [-0.05, 0) is 45.7 Å². The van der Waals surface area contributed by atoms with Gasteiger partial charge in [-0.3, -0.25) is 9.48 Å². The maximum Gasteiger partial charge on any atom is 0.408 e. The van der Waals surface area contributed by atoms with Gasteiger partial charge < -0.3 is 15.4 Å². The zero-order valence-corrected chi connectivity index (χ0v) is 17.7. The monoisotopic (exact) mass is 399 g/mol. The molecule has 29 heavy (non-hydrogen) atoms. The normalized spacial score (nSPS) is 20.0. The molecule has 156 valence electrons. The number of nitrogens with zero attached hydrogens (tertiary/aromatic N) is 3. The number of rotatable bonds is 1. The molecule has 0 aliphatic carbocycles. The van der Waals surface area contributed by atoms with E-state index >= 15 is 0 Å². The summed E-state index contributed by atoms with van der Waals surface area (Å²) in [5.74, 6) is -0.205. The summed E-state index contributed by atoms with van der Waals surface area (Å²) in [5, 5.41) is 10.2. The van der Waals surface area contributed by atoms with Gasteiger partial charge in [-0.15, -0.1) is 0 Å². The lowest BCUT2D eigenvalue weighted by Crippen LogP contribution is -2.35. The maximum atomic E-state index is 12.6. The van der Waals surface area contributed by atoms with E-state index in [1.54, 1.807) is 10.9 Å². The Morgan fingerprint density at radius 2 is 2.07 bits per heavy atom. The van der Waals surface area contributed by atoms with Crippen molar-refractivity contribution in [2.45, 2.75) is 58.6 Å². The largest absolute Gasteiger partial charge is 0.444 e. The van der Waals surface area contributed by atoms with Crippen LogP contribution in [0, 0.1) is 5.92 Å². The third kappa shape index (κ3) is 5.13. The van der Waals surface area contributed by atoms with E-state index in [-0.39, 0.29) is 17.9 Å². The van der Waals surface area contributed by atoms with Crippen LogP contribution in [0.1, 0.15) is 58.7 Å². The molecular weight excluding hydrogens is 370 g/mol. The number of carbonyl (C=O) groups excluding carboxylic acids is 2. The van der Waals surface area contributed by atoms with E-state index in [1.807, 2.05) is 52.9 Å². The van der Waals surface area contributed by atoms with Crippen LogP contribution < -0.4 is 10.6 Å². The number of alkyl carbamates (subject to hydrolysis) is 1. The second kappa shape index (κ2) is 8.23. The molecule has 3 rings (SSSR count). The number of aryl methyl sites for hydroxylation is 1. The molecular formula is C21H29N5O3. The fourth-order valence-corrected chi connectivity index (χ4v) is 3.37. The lowest BCUT2D eigenvalue weighted by molar-refractivity contribution is -0.119. The lowest BCUT2D eigenvalue weighted by Gasteiger charge is -2.24. The summed E-state index contributed by atoms with van der Waals surface area (Å²) in [6.45, 7) is 7.40. The quantitative estimate of drug-likeness (QED) is 0.760. The Morgan fingerprint density at radius 3 is 2.79 bits per heavy atom. The molecule has 8 heteroatoms. The Kier molecular flexibility index (Phi) is 5.91. The highest BCUT2D eigenvalue weighted by Gasteiger charge is 2.25. The fraction of sp³-hybridized carbons (Fsp3) is 0.524. The van der Waals surface area contributed by atoms with Crippen LogP contribution in [-0.4, -0.2) is 32.4 Å². The Hall–Kier alpha value is -2.90. The van der Waals surface area contributed by atoms with Crippen molar-refractivity contribution in [1.29, 1.82) is 0 Å². The molecule has 0 radical (unpaired) electrons. The van der Waals surface area contributed by atoms with Gasteiger partial charge in [-0.25, -0.2) is 9.78 Å². The molecule has 2 aromatic heterocycles. The molecule has 2 amide bonds. The van der Waals surface area contributed by atoms with Gasteiger partial charge in [0.15, 0.2) is 0 Å². The molecule has 0 fully saturated rings. The molecule has 8 nitrogen and oxygen atoms in total. The molecule has 2 N–H and O–H groups in total. The molecule has 0 saturated heterocycles. The Labute approximate surface area is 171 Å². The standard InChI is InChI=1S/C21H29N5O3/c1-13-8-6-9-15(25-20(28)29-21(2,3)4)14-10-7-11-16(23-14)18-17(24-19(13)27)12-22-26(18)5/h7,10-13,15H,6,8-9H2,1-5H3,(H,24,27)(H,25,28)/t13-,15+/m1/s1. The average molecular weight is 399 g/mol. The van der Waals surface area contributed by atoms with Gasteiger partial charge in [-0.2, -0.15) is 5.10 Å². The summed E-state index contributed by atoms with van der Waals surface area (Å²) < 4.78 is 7.12. The molecule has 2 bridgehead atoms. The van der Waals surface area contributed by atoms with E-state index in [9.17, 15) is 9.59 Å². The van der Waals surface area contributed by atoms with Gasteiger partial charge in [0.05, 0.1) is 29.3 Å². The number of ether oxygens (including phenoxy) is 1. The van der Waals surface area contributed by atoms with Crippen LogP contribution in [0.25, 0.3) is 11.4 Å². The van der Waals surface area contributed by atoms with Gasteiger partial charge in [0.25, 0.3) is 0 Å². The molecule has 0 unspecified atom stereocenters. The summed E-state index contributed by atoms with van der Waals surface area (Å²) in [6.07, 6.45) is 3.28. The minimum atomic E-state index is -0.582. The van der Waals surface area contributed by atoms with Crippen LogP contribution in [0.3, 0.4) is 0 Å². The lowest BCUT2D eigenvalue weighted by atomic mass is 9.98. The number of hydrogen-bond acceptors (Lipinski definition) is 5. The number of fused-ring (bicyclic) bond motifs is 4. The SMILES string of the molecule is C[C@@H]1CCC[C@H](NC(=O)OC(C)(C)C)c2cccc(n2)-c2c(cnn2C)NC1=O. The molecule has 0 spiro atoms. The van der Waals surface area contributed by atoms with Gasteiger partial charge in [0.1, 0.15) is 11.3 Å². The van der Waals surface area contributed by atoms with Crippen LogP contribution in [0.4, 0.5) is 10.5 Å². The van der Waals surface area contributed by atoms with E-state index in [0.29, 0.717) is 24.2 Å². The molecule has 0 aromatic carbocycles. The van der Waals surface area contributed by atoms with Crippen molar-refractivity contribution in [3.8, 4) is 11.4 Å². The topological polar surface area (TPSA) is 98.1 Å². The zero-order chi connectivity index (χ0) is 21.2. The van der Waals surface area contributed by atoms with Crippen LogP contribution in [0.2, 0.25) is 0 Å². The summed E-state index contributed by atoms with van der Waals surface area (Å²) in [6, 6.07) is 5.36. The highest BCUT2D eigenvalue weighted by atomic mass is 16.6. The van der Waals surface area contributed by atoms with Crippen LogP contribution in [0.5, 0.6) is 0 Å². The first-order valence-electron chi connectivity index (χ1n) is 9.94. The summed E-state index contributed by atoms with van der Waals surface area (Å²) in [4.78, 5) is 29.7. The highest BCUT2D eigenvalue weighted by Crippen LogP contribution is 2.30. The molecule has 0 saturated carbocycles. The number of anilines is 1. The fourth-order valence-electron chi connectivity index (χ4n) is 3.37. The second-order valence-electron chi connectivity index (χ2n) is 8.50. The average Bonchev–Trinajstić information content (AvgIpc) is 2.98. The molecule has 1 aliphatic rings. The van der Waals surface area contributed by atoms with Crippen molar-refractivity contribution >= 4 is 17.7 Å². The Bertz CT molecular complexity index is 900. The zero-order valence-electron chi connectivity index (χ0n) is 17.7. The number of hydrogen-bond donors (Lipinski definition) is 2. The smallest absolute Gasteiger partial charge is 0.408 e. The predicted molar refractivity (Wildman–Crippen MR) is 110 cm³/mol. The molecule has 3 heterocycles. The van der Waals surface area contributed by atoms with E-state index in [4.69, 9.17) is 9.72 Å². The Balaban J connectivity index is 1.98. The van der Waals surface area contributed by atoms with E-state index < -0.39 is 11.7 Å². The number of aromatic nitrogens is 3. The van der Waals surface area contributed by atoms with Gasteiger partial charge >= 0.3 is 6.09 Å². The van der Waals surface area contributed by atoms with Crippen LogP contribution in [0.15, 0.2) is 24.4 Å². The molecule has 1 aliphatic heterocycles. The number of pyridine rings is 1. The summed E-state index contributed by atoms with van der Waals surface area (Å²) in [5.41, 5.74) is 2.21. The Morgan fingerprint density at radius 1 is 1.31 bits per heavy atom. The minimum absolute atomic E-state index is 0.0485. The van der Waals surface area contributed by atoms with Gasteiger partial charge in [0.2, 0.25) is 5.91 Å². The third-order valence-corrected chi connectivity index (χ3v) is 4.84. The maximum absolute atomic E-state index is 12.6. The first-order chi connectivity index (χ1) is 13.6.